The molecule has 0 saturated carbocycles. The lowest BCUT2D eigenvalue weighted by Crippen LogP contribution is -2.32. The van der Waals surface area contributed by atoms with Crippen molar-refractivity contribution in [1.29, 1.82) is 5.41 Å². The Hall–Kier alpha value is -1.58. The van der Waals surface area contributed by atoms with E-state index in [0.29, 0.717) is 5.92 Å². The second kappa shape index (κ2) is 6.55. The van der Waals surface area contributed by atoms with E-state index in [2.05, 4.69) is 30.7 Å². The maximum atomic E-state index is 7.79. The first kappa shape index (κ1) is 15.5. The van der Waals surface area contributed by atoms with Crippen LogP contribution < -0.4 is 10.6 Å². The molecule has 0 aliphatic rings. The summed E-state index contributed by atoms with van der Waals surface area (Å²) in [6, 6.07) is 1.98. The minimum absolute atomic E-state index is 0.0996. The number of rotatable bonds is 6. The summed E-state index contributed by atoms with van der Waals surface area (Å²) >= 11 is 0. The lowest BCUT2D eigenvalue weighted by molar-refractivity contribution is 0.545. The Morgan fingerprint density at radius 2 is 2.05 bits per heavy atom. The normalized spacial score (nSPS) is 12.3. The molecule has 0 amide bonds. The molecule has 4 nitrogen and oxygen atoms in total. The Bertz CT molecular complexity index is 454. The van der Waals surface area contributed by atoms with Crippen molar-refractivity contribution in [2.24, 2.45) is 11.7 Å². The molecule has 1 heterocycles. The number of anilines is 1. The third-order valence-electron chi connectivity index (χ3n) is 3.51. The predicted molar refractivity (Wildman–Crippen MR) is 82.1 cm³/mol. The molecule has 0 aliphatic heterocycles. The van der Waals surface area contributed by atoms with Gasteiger partial charge in [-0.25, -0.2) is 4.98 Å². The molecule has 4 heteroatoms. The maximum Gasteiger partial charge on any atom is 0.140 e. The second-order valence-electron chi connectivity index (χ2n) is 5.24. The first-order chi connectivity index (χ1) is 8.90. The molecule has 0 spiro atoms. The molecule has 1 aromatic heterocycles. The van der Waals surface area contributed by atoms with Crippen molar-refractivity contribution < 1.29 is 0 Å². The van der Waals surface area contributed by atoms with E-state index in [0.717, 1.165) is 42.1 Å². The molecule has 0 aliphatic carbocycles. The number of nitrogens with one attached hydrogen (secondary N) is 1. The van der Waals surface area contributed by atoms with Gasteiger partial charge in [-0.15, -0.1) is 0 Å². The monoisotopic (exact) mass is 262 g/mol. The van der Waals surface area contributed by atoms with Crippen molar-refractivity contribution in [2.45, 2.75) is 41.0 Å². The molecule has 0 radical (unpaired) electrons. The minimum Gasteiger partial charge on any atom is -0.384 e. The number of amidine groups is 1. The number of nitrogen functional groups attached to an aromatic ring is 1. The summed E-state index contributed by atoms with van der Waals surface area (Å²) in [4.78, 5) is 6.85. The van der Waals surface area contributed by atoms with Crippen LogP contribution in [0.3, 0.4) is 0 Å². The van der Waals surface area contributed by atoms with Crippen LogP contribution >= 0.6 is 0 Å². The van der Waals surface area contributed by atoms with Crippen LogP contribution in [0.4, 0.5) is 5.82 Å². The van der Waals surface area contributed by atoms with Crippen LogP contribution in [0, 0.1) is 25.2 Å². The molecule has 0 fully saturated rings. The van der Waals surface area contributed by atoms with Crippen molar-refractivity contribution >= 4 is 11.7 Å². The van der Waals surface area contributed by atoms with Crippen molar-refractivity contribution in [2.75, 3.05) is 18.0 Å². The van der Waals surface area contributed by atoms with Gasteiger partial charge in [-0.2, -0.15) is 0 Å². The van der Waals surface area contributed by atoms with E-state index < -0.39 is 0 Å². The molecule has 0 aromatic carbocycles. The Morgan fingerprint density at radius 3 is 2.53 bits per heavy atom. The first-order valence-corrected chi connectivity index (χ1v) is 6.98. The highest BCUT2D eigenvalue weighted by molar-refractivity contribution is 6.01. The highest BCUT2D eigenvalue weighted by Gasteiger charge is 2.18. The summed E-state index contributed by atoms with van der Waals surface area (Å²) in [5.74, 6) is 1.55. The second-order valence-corrected chi connectivity index (χ2v) is 5.24. The molecule has 19 heavy (non-hydrogen) atoms. The van der Waals surface area contributed by atoms with Gasteiger partial charge < -0.3 is 10.6 Å². The van der Waals surface area contributed by atoms with E-state index in [-0.39, 0.29) is 5.84 Å². The zero-order valence-corrected chi connectivity index (χ0v) is 12.7. The smallest absolute Gasteiger partial charge is 0.140 e. The maximum absolute atomic E-state index is 7.79. The van der Waals surface area contributed by atoms with Crippen molar-refractivity contribution in [3.63, 3.8) is 0 Å². The fourth-order valence-electron chi connectivity index (χ4n) is 2.25. The average Bonchev–Trinajstić information content (AvgIpc) is 2.33. The van der Waals surface area contributed by atoms with Gasteiger partial charge in [0, 0.05) is 18.8 Å². The molecular formula is C15H26N4. The van der Waals surface area contributed by atoms with E-state index in [1.54, 1.807) is 0 Å². The van der Waals surface area contributed by atoms with Crippen LogP contribution in [0.25, 0.3) is 0 Å². The van der Waals surface area contributed by atoms with Crippen LogP contribution in [0.1, 0.15) is 44.0 Å². The summed E-state index contributed by atoms with van der Waals surface area (Å²) in [5, 5.41) is 7.79. The highest BCUT2D eigenvalue weighted by Crippen LogP contribution is 2.23. The molecule has 0 bridgehead atoms. The number of pyridine rings is 1. The van der Waals surface area contributed by atoms with Gasteiger partial charge in [0.25, 0.3) is 0 Å². The molecule has 1 aromatic rings. The number of nitrogens with zero attached hydrogens (tertiary/aromatic N) is 2. The summed E-state index contributed by atoms with van der Waals surface area (Å²) in [6.45, 7) is 12.3. The predicted octanol–water partition coefficient (Wildman–Crippen LogP) is 2.85. The first-order valence-electron chi connectivity index (χ1n) is 6.98. The van der Waals surface area contributed by atoms with Gasteiger partial charge in [-0.05, 0) is 38.3 Å². The lowest BCUT2D eigenvalue weighted by atomic mass is 10.1. The van der Waals surface area contributed by atoms with Crippen LogP contribution in [-0.4, -0.2) is 23.9 Å². The summed E-state index contributed by atoms with van der Waals surface area (Å²) in [7, 11) is 0. The van der Waals surface area contributed by atoms with Gasteiger partial charge in [0.1, 0.15) is 11.7 Å². The van der Waals surface area contributed by atoms with Gasteiger partial charge in [0.05, 0.1) is 5.56 Å². The van der Waals surface area contributed by atoms with Crippen LogP contribution in [0.2, 0.25) is 0 Å². The molecule has 106 valence electrons. The Kier molecular flexibility index (Phi) is 5.33. The molecule has 3 N–H and O–H groups in total. The quantitative estimate of drug-likeness (QED) is 0.612. The zero-order chi connectivity index (χ0) is 14.6. The largest absolute Gasteiger partial charge is 0.384 e. The average molecular weight is 262 g/mol. The third-order valence-corrected chi connectivity index (χ3v) is 3.51. The number of nitrogens with two attached hydrogens (primary N) is 1. The minimum atomic E-state index is 0.0996. The molecule has 1 rings (SSSR count). The van der Waals surface area contributed by atoms with E-state index in [9.17, 15) is 0 Å². The third kappa shape index (κ3) is 3.69. The number of aryl methyl sites for hydroxylation is 2. The van der Waals surface area contributed by atoms with Crippen molar-refractivity contribution in [3.8, 4) is 0 Å². The fourth-order valence-corrected chi connectivity index (χ4v) is 2.25. The van der Waals surface area contributed by atoms with Crippen molar-refractivity contribution in [1.82, 2.24) is 4.98 Å². The zero-order valence-electron chi connectivity index (χ0n) is 12.7. The number of hydrogen-bond acceptors (Lipinski definition) is 3. The van der Waals surface area contributed by atoms with E-state index >= 15 is 0 Å². The van der Waals surface area contributed by atoms with Gasteiger partial charge in [0.15, 0.2) is 0 Å². The van der Waals surface area contributed by atoms with Gasteiger partial charge in [-0.1, -0.05) is 20.3 Å². The van der Waals surface area contributed by atoms with E-state index in [4.69, 9.17) is 11.1 Å². The topological polar surface area (TPSA) is 66.0 Å². The molecule has 0 saturated heterocycles. The Morgan fingerprint density at radius 1 is 1.42 bits per heavy atom. The van der Waals surface area contributed by atoms with Gasteiger partial charge in [-0.3, -0.25) is 5.41 Å². The van der Waals surface area contributed by atoms with Crippen LogP contribution in [0.15, 0.2) is 6.07 Å². The van der Waals surface area contributed by atoms with Crippen molar-refractivity contribution in [3.05, 3.63) is 22.9 Å². The molecular weight excluding hydrogens is 236 g/mol. The van der Waals surface area contributed by atoms with Crippen LogP contribution in [0.5, 0.6) is 0 Å². The Balaban J connectivity index is 3.25. The van der Waals surface area contributed by atoms with E-state index in [1.165, 1.54) is 0 Å². The van der Waals surface area contributed by atoms with Gasteiger partial charge in [0.2, 0.25) is 0 Å². The summed E-state index contributed by atoms with van der Waals surface area (Å²) in [5.41, 5.74) is 8.51. The number of aromatic nitrogens is 1. The Labute approximate surface area is 116 Å². The highest BCUT2D eigenvalue weighted by atomic mass is 15.2. The SMILES string of the molecule is CCC(C)CN(CC)c1nc(C)cc(C)c1C(=N)N. The fraction of sp³-hybridized carbons (Fsp3) is 0.600. The summed E-state index contributed by atoms with van der Waals surface area (Å²) < 4.78 is 0. The van der Waals surface area contributed by atoms with Crippen LogP contribution in [-0.2, 0) is 0 Å². The molecule has 1 atom stereocenters. The van der Waals surface area contributed by atoms with Gasteiger partial charge >= 0.3 is 0 Å². The lowest BCUT2D eigenvalue weighted by Gasteiger charge is -2.28. The standard InChI is InChI=1S/C15H26N4/c1-6-10(3)9-19(7-2)15-13(14(16)17)11(4)8-12(5)18-15/h8,10H,6-7,9H2,1-5H3,(H3,16,17). The number of hydrogen-bond donors (Lipinski definition) is 2. The molecule has 1 unspecified atom stereocenters. The summed E-state index contributed by atoms with van der Waals surface area (Å²) in [6.07, 6.45) is 1.14. The van der Waals surface area contributed by atoms with E-state index in [1.807, 2.05) is 19.9 Å².